The Morgan fingerprint density at radius 3 is 2.73 bits per heavy atom. The molecule has 2 aromatic rings. The maximum absolute atomic E-state index is 5.85. The Bertz CT molecular complexity index is 394. The summed E-state index contributed by atoms with van der Waals surface area (Å²) in [7, 11) is 0. The van der Waals surface area contributed by atoms with Gasteiger partial charge < -0.3 is 4.98 Å². The van der Waals surface area contributed by atoms with E-state index in [1.165, 1.54) is 0 Å². The lowest BCUT2D eigenvalue weighted by molar-refractivity contribution is 1.46. The van der Waals surface area contributed by atoms with E-state index in [2.05, 4.69) is 20.9 Å². The topological polar surface area (TPSA) is 15.8 Å². The molecule has 0 aliphatic carbocycles. The van der Waals surface area contributed by atoms with Gasteiger partial charge in [-0.2, -0.15) is 0 Å². The lowest BCUT2D eigenvalue weighted by Crippen LogP contribution is -1.63. The van der Waals surface area contributed by atoms with Gasteiger partial charge in [-0.25, -0.2) is 0 Å². The number of hydrogen-bond donors (Lipinski definition) is 1. The maximum atomic E-state index is 5.85. The fourth-order valence-corrected chi connectivity index (χ4v) is 1.72. The molecule has 0 aliphatic rings. The first-order chi connectivity index (χ1) is 5.29. The van der Waals surface area contributed by atoms with Gasteiger partial charge in [-0.1, -0.05) is 29.8 Å². The van der Waals surface area contributed by atoms with Gasteiger partial charge in [0.1, 0.15) is 5.15 Å². The number of para-hydroxylation sites is 1. The van der Waals surface area contributed by atoms with Gasteiger partial charge >= 0.3 is 0 Å². The SMILES string of the molecule is Clc1[nH]c2ccccc2c1Br. The monoisotopic (exact) mass is 229 g/mol. The summed E-state index contributed by atoms with van der Waals surface area (Å²) in [5.41, 5.74) is 1.06. The molecule has 1 aromatic heterocycles. The summed E-state index contributed by atoms with van der Waals surface area (Å²) in [6, 6.07) is 7.96. The van der Waals surface area contributed by atoms with E-state index in [1.54, 1.807) is 0 Å². The van der Waals surface area contributed by atoms with Crippen LogP contribution in [0.3, 0.4) is 0 Å². The Balaban J connectivity index is 2.92. The van der Waals surface area contributed by atoms with E-state index in [0.717, 1.165) is 15.4 Å². The van der Waals surface area contributed by atoms with Crippen LogP contribution in [0.1, 0.15) is 0 Å². The van der Waals surface area contributed by atoms with E-state index in [1.807, 2.05) is 24.3 Å². The van der Waals surface area contributed by atoms with E-state index in [-0.39, 0.29) is 0 Å². The van der Waals surface area contributed by atoms with Crippen molar-refractivity contribution in [3.63, 3.8) is 0 Å². The molecule has 11 heavy (non-hydrogen) atoms. The second-order valence-corrected chi connectivity index (χ2v) is 3.47. The van der Waals surface area contributed by atoms with Gasteiger partial charge in [-0.3, -0.25) is 0 Å². The summed E-state index contributed by atoms with van der Waals surface area (Å²) < 4.78 is 0.940. The number of hydrogen-bond acceptors (Lipinski definition) is 0. The Hall–Kier alpha value is -0.470. The highest BCUT2D eigenvalue weighted by Gasteiger charge is 2.04. The van der Waals surface area contributed by atoms with Gasteiger partial charge in [-0.15, -0.1) is 0 Å². The van der Waals surface area contributed by atoms with E-state index in [4.69, 9.17) is 11.6 Å². The zero-order valence-electron chi connectivity index (χ0n) is 5.57. The highest BCUT2D eigenvalue weighted by molar-refractivity contribution is 9.10. The van der Waals surface area contributed by atoms with Gasteiger partial charge in [0.2, 0.25) is 0 Å². The number of rotatable bonds is 0. The molecule has 0 saturated heterocycles. The number of H-pyrrole nitrogens is 1. The smallest absolute Gasteiger partial charge is 0.121 e. The van der Waals surface area contributed by atoms with Crippen LogP contribution in [0.4, 0.5) is 0 Å². The summed E-state index contributed by atoms with van der Waals surface area (Å²) in [5.74, 6) is 0. The van der Waals surface area contributed by atoms with Crippen LogP contribution < -0.4 is 0 Å². The number of fused-ring (bicyclic) bond motifs is 1. The lowest BCUT2D eigenvalue weighted by atomic mass is 10.3. The third kappa shape index (κ3) is 1.06. The third-order valence-electron chi connectivity index (χ3n) is 1.60. The fourth-order valence-electron chi connectivity index (χ4n) is 1.07. The molecule has 3 heteroatoms. The quantitative estimate of drug-likeness (QED) is 0.712. The fraction of sp³-hybridized carbons (Fsp3) is 0. The van der Waals surface area contributed by atoms with Crippen LogP contribution >= 0.6 is 27.5 Å². The maximum Gasteiger partial charge on any atom is 0.121 e. The van der Waals surface area contributed by atoms with Gasteiger partial charge in [-0.05, 0) is 22.0 Å². The van der Waals surface area contributed by atoms with Crippen molar-refractivity contribution in [3.05, 3.63) is 33.9 Å². The molecular formula is C8H5BrClN. The first kappa shape index (κ1) is 7.19. The van der Waals surface area contributed by atoms with E-state index < -0.39 is 0 Å². The average molecular weight is 230 g/mol. The van der Waals surface area contributed by atoms with Gasteiger partial charge in [0.05, 0.1) is 4.47 Å². The highest BCUT2D eigenvalue weighted by Crippen LogP contribution is 2.30. The van der Waals surface area contributed by atoms with Crippen molar-refractivity contribution in [2.75, 3.05) is 0 Å². The first-order valence-corrected chi connectivity index (χ1v) is 4.38. The Morgan fingerprint density at radius 1 is 1.27 bits per heavy atom. The molecule has 0 aliphatic heterocycles. The molecule has 0 radical (unpaired) electrons. The van der Waals surface area contributed by atoms with Crippen LogP contribution in [0.5, 0.6) is 0 Å². The second kappa shape index (κ2) is 2.54. The zero-order valence-corrected chi connectivity index (χ0v) is 7.91. The van der Waals surface area contributed by atoms with E-state index in [0.29, 0.717) is 5.15 Å². The van der Waals surface area contributed by atoms with Crippen LogP contribution in [0.15, 0.2) is 28.7 Å². The highest BCUT2D eigenvalue weighted by atomic mass is 79.9. The van der Waals surface area contributed by atoms with Crippen LogP contribution in [0.25, 0.3) is 10.9 Å². The van der Waals surface area contributed by atoms with Crippen molar-refractivity contribution in [3.8, 4) is 0 Å². The molecule has 0 spiro atoms. The largest absolute Gasteiger partial charge is 0.345 e. The number of halogens is 2. The van der Waals surface area contributed by atoms with Crippen molar-refractivity contribution in [1.82, 2.24) is 4.98 Å². The van der Waals surface area contributed by atoms with E-state index >= 15 is 0 Å². The van der Waals surface area contributed by atoms with Crippen molar-refractivity contribution < 1.29 is 0 Å². The summed E-state index contributed by atoms with van der Waals surface area (Å²) in [6.07, 6.45) is 0. The molecule has 0 fully saturated rings. The Kier molecular flexibility index (Phi) is 1.66. The van der Waals surface area contributed by atoms with Crippen molar-refractivity contribution in [2.45, 2.75) is 0 Å². The summed E-state index contributed by atoms with van der Waals surface area (Å²) in [4.78, 5) is 3.05. The number of aromatic amines is 1. The predicted molar refractivity (Wildman–Crippen MR) is 51.0 cm³/mol. The van der Waals surface area contributed by atoms with Crippen LogP contribution in [0, 0.1) is 0 Å². The van der Waals surface area contributed by atoms with Gasteiger partial charge in [0.25, 0.3) is 0 Å². The molecule has 56 valence electrons. The standard InChI is InChI=1S/C8H5BrClN/c9-7-5-3-1-2-4-6(5)11-8(7)10/h1-4,11H. The molecule has 0 bridgehead atoms. The van der Waals surface area contributed by atoms with Crippen LogP contribution in [-0.2, 0) is 0 Å². The molecule has 0 atom stereocenters. The number of nitrogens with one attached hydrogen (secondary N) is 1. The molecule has 0 amide bonds. The molecule has 1 heterocycles. The predicted octanol–water partition coefficient (Wildman–Crippen LogP) is 3.58. The number of benzene rings is 1. The van der Waals surface area contributed by atoms with Gasteiger partial charge in [0.15, 0.2) is 0 Å². The van der Waals surface area contributed by atoms with Crippen LogP contribution in [-0.4, -0.2) is 4.98 Å². The minimum Gasteiger partial charge on any atom is -0.345 e. The normalized spacial score (nSPS) is 10.7. The Morgan fingerprint density at radius 2 is 2.00 bits per heavy atom. The second-order valence-electron chi connectivity index (χ2n) is 2.30. The third-order valence-corrected chi connectivity index (χ3v) is 2.94. The van der Waals surface area contributed by atoms with E-state index in [9.17, 15) is 0 Å². The molecule has 1 N–H and O–H groups in total. The van der Waals surface area contributed by atoms with Gasteiger partial charge in [0, 0.05) is 10.9 Å². The average Bonchev–Trinajstić information content (AvgIpc) is 2.30. The molecule has 1 nitrogen and oxygen atoms in total. The Labute approximate surface area is 77.5 Å². The molecule has 2 rings (SSSR count). The molecular weight excluding hydrogens is 225 g/mol. The van der Waals surface area contributed by atoms with Crippen LogP contribution in [0.2, 0.25) is 5.15 Å². The molecule has 0 unspecified atom stereocenters. The minimum absolute atomic E-state index is 0.659. The van der Waals surface area contributed by atoms with Crippen molar-refractivity contribution >= 4 is 38.4 Å². The van der Waals surface area contributed by atoms with Crippen molar-refractivity contribution in [1.29, 1.82) is 0 Å². The lowest BCUT2D eigenvalue weighted by Gasteiger charge is -1.85. The molecule has 1 aromatic carbocycles. The molecule has 0 saturated carbocycles. The number of aromatic nitrogens is 1. The summed E-state index contributed by atoms with van der Waals surface area (Å²) in [6.45, 7) is 0. The summed E-state index contributed by atoms with van der Waals surface area (Å²) >= 11 is 9.24. The minimum atomic E-state index is 0.659. The van der Waals surface area contributed by atoms with Crippen molar-refractivity contribution in [2.24, 2.45) is 0 Å². The summed E-state index contributed by atoms with van der Waals surface area (Å²) in [5, 5.41) is 1.78. The zero-order chi connectivity index (χ0) is 7.84. The first-order valence-electron chi connectivity index (χ1n) is 3.21.